The van der Waals surface area contributed by atoms with E-state index in [2.05, 4.69) is 53.2 Å². The van der Waals surface area contributed by atoms with Crippen LogP contribution in [0.25, 0.3) is 22.5 Å². The molecule has 1 N–H and O–H groups in total. The molecule has 5 nitrogen and oxygen atoms in total. The van der Waals surface area contributed by atoms with Crippen molar-refractivity contribution < 1.29 is 9.53 Å². The lowest BCUT2D eigenvalue weighted by molar-refractivity contribution is -0.120. The second-order valence-electron chi connectivity index (χ2n) is 8.20. The summed E-state index contributed by atoms with van der Waals surface area (Å²) in [4.78, 5) is 17.5. The molecule has 180 valence electrons. The van der Waals surface area contributed by atoms with Gasteiger partial charge >= 0.3 is 0 Å². The zero-order chi connectivity index (χ0) is 24.5. The minimum atomic E-state index is 0.0163. The van der Waals surface area contributed by atoms with E-state index in [-0.39, 0.29) is 5.91 Å². The summed E-state index contributed by atoms with van der Waals surface area (Å²) in [6.45, 7) is 3.65. The Balaban J connectivity index is 1.47. The Morgan fingerprint density at radius 3 is 2.23 bits per heavy atom. The van der Waals surface area contributed by atoms with Gasteiger partial charge in [0, 0.05) is 30.0 Å². The van der Waals surface area contributed by atoms with E-state index in [1.165, 1.54) is 0 Å². The number of thioether (sulfide) groups is 1. The minimum Gasteiger partial charge on any atom is -0.497 e. The van der Waals surface area contributed by atoms with Crippen LogP contribution in [0.3, 0.4) is 0 Å². The van der Waals surface area contributed by atoms with E-state index in [1.807, 2.05) is 48.5 Å². The number of ether oxygens (including phenoxy) is 1. The van der Waals surface area contributed by atoms with Crippen LogP contribution in [0.15, 0.2) is 90.1 Å². The van der Waals surface area contributed by atoms with Crippen LogP contribution in [0.5, 0.6) is 5.75 Å². The van der Waals surface area contributed by atoms with Crippen molar-refractivity contribution in [2.24, 2.45) is 0 Å². The zero-order valence-electron chi connectivity index (χ0n) is 20.2. The second-order valence-corrected chi connectivity index (χ2v) is 9.26. The van der Waals surface area contributed by atoms with Crippen LogP contribution >= 0.6 is 11.8 Å². The van der Waals surface area contributed by atoms with Crippen molar-refractivity contribution in [2.45, 2.75) is 31.5 Å². The predicted octanol–water partition coefficient (Wildman–Crippen LogP) is 6.09. The van der Waals surface area contributed by atoms with Crippen molar-refractivity contribution in [3.8, 4) is 28.3 Å². The topological polar surface area (TPSA) is 56.2 Å². The molecule has 0 aliphatic carbocycles. The quantitative estimate of drug-likeness (QED) is 0.206. The third kappa shape index (κ3) is 6.34. The Hall–Kier alpha value is -3.51. The fourth-order valence-corrected chi connectivity index (χ4v) is 4.86. The van der Waals surface area contributed by atoms with Crippen LogP contribution in [0, 0.1) is 0 Å². The van der Waals surface area contributed by atoms with E-state index >= 15 is 0 Å². The molecule has 0 saturated heterocycles. The van der Waals surface area contributed by atoms with Crippen molar-refractivity contribution in [2.75, 3.05) is 19.4 Å². The van der Waals surface area contributed by atoms with E-state index in [4.69, 9.17) is 9.72 Å². The third-order valence-corrected chi connectivity index (χ3v) is 6.63. The molecule has 4 rings (SSSR count). The number of rotatable bonds is 11. The maximum Gasteiger partial charge on any atom is 0.224 e. The van der Waals surface area contributed by atoms with Crippen molar-refractivity contribution in [3.05, 3.63) is 90.5 Å². The Bertz CT molecular complexity index is 1220. The number of aromatic nitrogens is 2. The molecule has 0 unspecified atom stereocenters. The summed E-state index contributed by atoms with van der Waals surface area (Å²) < 4.78 is 7.50. The van der Waals surface area contributed by atoms with E-state index in [0.717, 1.165) is 57.7 Å². The molecule has 0 spiro atoms. The number of nitrogens with zero attached hydrogens (tertiary/aromatic N) is 2. The van der Waals surface area contributed by atoms with Crippen molar-refractivity contribution in [1.82, 2.24) is 14.9 Å². The first-order chi connectivity index (χ1) is 17.2. The van der Waals surface area contributed by atoms with Gasteiger partial charge in [-0.3, -0.25) is 4.79 Å². The third-order valence-electron chi connectivity index (χ3n) is 5.65. The van der Waals surface area contributed by atoms with Gasteiger partial charge in [-0.15, -0.1) is 0 Å². The summed E-state index contributed by atoms with van der Waals surface area (Å²) in [6.07, 6.45) is 1.37. The molecule has 4 aromatic rings. The van der Waals surface area contributed by atoms with Crippen molar-refractivity contribution >= 4 is 17.7 Å². The van der Waals surface area contributed by atoms with E-state index in [9.17, 15) is 4.79 Å². The van der Waals surface area contributed by atoms with Crippen LogP contribution in [0.2, 0.25) is 0 Å². The molecule has 0 saturated carbocycles. The highest BCUT2D eigenvalue weighted by atomic mass is 32.2. The SMILES string of the molecule is CCCn1c(SCCNC(=O)Cc2ccc(OC)cc2)nc(-c2ccccc2)c1-c1ccccc1. The molecule has 3 aromatic carbocycles. The van der Waals surface area contributed by atoms with Crippen molar-refractivity contribution in [1.29, 1.82) is 0 Å². The number of benzene rings is 3. The van der Waals surface area contributed by atoms with Crippen LogP contribution in [0.1, 0.15) is 18.9 Å². The molecule has 1 amide bonds. The lowest BCUT2D eigenvalue weighted by Crippen LogP contribution is -2.27. The Morgan fingerprint density at radius 1 is 0.943 bits per heavy atom. The number of hydrogen-bond donors (Lipinski definition) is 1. The summed E-state index contributed by atoms with van der Waals surface area (Å²) in [6, 6.07) is 28.4. The number of hydrogen-bond acceptors (Lipinski definition) is 4. The Kier molecular flexibility index (Phi) is 8.63. The van der Waals surface area contributed by atoms with Gasteiger partial charge in [0.05, 0.1) is 24.9 Å². The van der Waals surface area contributed by atoms with Crippen molar-refractivity contribution in [3.63, 3.8) is 0 Å². The number of carbonyl (C=O) groups excluding carboxylic acids is 1. The first-order valence-electron chi connectivity index (χ1n) is 11.9. The average molecular weight is 486 g/mol. The molecule has 0 aliphatic rings. The Morgan fingerprint density at radius 2 is 1.60 bits per heavy atom. The number of methoxy groups -OCH3 is 1. The molecular formula is C29H31N3O2S. The largest absolute Gasteiger partial charge is 0.497 e. The monoisotopic (exact) mass is 485 g/mol. The highest BCUT2D eigenvalue weighted by Gasteiger charge is 2.20. The average Bonchev–Trinajstić information content (AvgIpc) is 3.26. The molecule has 35 heavy (non-hydrogen) atoms. The predicted molar refractivity (Wildman–Crippen MR) is 144 cm³/mol. The first-order valence-corrected chi connectivity index (χ1v) is 12.9. The van der Waals surface area contributed by atoms with Gasteiger partial charge in [-0.25, -0.2) is 4.98 Å². The number of carbonyl (C=O) groups is 1. The van der Waals surface area contributed by atoms with E-state index < -0.39 is 0 Å². The lowest BCUT2D eigenvalue weighted by Gasteiger charge is -2.12. The molecule has 0 aliphatic heterocycles. The summed E-state index contributed by atoms with van der Waals surface area (Å²) in [5.41, 5.74) is 5.37. The summed E-state index contributed by atoms with van der Waals surface area (Å²) in [7, 11) is 1.64. The molecule has 1 aromatic heterocycles. The summed E-state index contributed by atoms with van der Waals surface area (Å²) in [5.74, 6) is 1.55. The fourth-order valence-electron chi connectivity index (χ4n) is 3.98. The standard InChI is InChI=1S/C29H31N3O2S/c1-3-19-32-28(24-12-8-5-9-13-24)27(23-10-6-4-7-11-23)31-29(32)35-20-18-30-26(33)21-22-14-16-25(34-2)17-15-22/h4-17H,3,18-21H2,1-2H3,(H,30,33). The molecule has 0 bridgehead atoms. The number of imidazole rings is 1. The summed E-state index contributed by atoms with van der Waals surface area (Å²) in [5, 5.41) is 4.02. The maximum absolute atomic E-state index is 12.4. The van der Waals surface area contributed by atoms with Crippen LogP contribution in [0.4, 0.5) is 0 Å². The fraction of sp³-hybridized carbons (Fsp3) is 0.241. The van der Waals surface area contributed by atoms with Gasteiger partial charge in [0.25, 0.3) is 0 Å². The second kappa shape index (κ2) is 12.3. The highest BCUT2D eigenvalue weighted by Crippen LogP contribution is 2.36. The van der Waals surface area contributed by atoms with Gasteiger partial charge in [-0.2, -0.15) is 0 Å². The lowest BCUT2D eigenvalue weighted by atomic mass is 10.0. The van der Waals surface area contributed by atoms with E-state index in [1.54, 1.807) is 18.9 Å². The number of amides is 1. The van der Waals surface area contributed by atoms with Gasteiger partial charge in [-0.1, -0.05) is 91.5 Å². The smallest absolute Gasteiger partial charge is 0.224 e. The first kappa shape index (κ1) is 24.6. The van der Waals surface area contributed by atoms with Gasteiger partial charge < -0.3 is 14.6 Å². The number of nitrogens with one attached hydrogen (secondary N) is 1. The Labute approximate surface area is 211 Å². The molecule has 1 heterocycles. The molecule has 0 radical (unpaired) electrons. The van der Waals surface area contributed by atoms with Crippen LogP contribution < -0.4 is 10.1 Å². The van der Waals surface area contributed by atoms with E-state index in [0.29, 0.717) is 13.0 Å². The van der Waals surface area contributed by atoms with Crippen LogP contribution in [-0.4, -0.2) is 34.9 Å². The molecule has 6 heteroatoms. The normalized spacial score (nSPS) is 10.8. The van der Waals surface area contributed by atoms with Crippen LogP contribution in [-0.2, 0) is 17.8 Å². The van der Waals surface area contributed by atoms with Gasteiger partial charge in [0.2, 0.25) is 5.91 Å². The zero-order valence-corrected chi connectivity index (χ0v) is 21.1. The van der Waals surface area contributed by atoms with Gasteiger partial charge in [0.1, 0.15) is 5.75 Å². The molecule has 0 fully saturated rings. The highest BCUT2D eigenvalue weighted by molar-refractivity contribution is 7.99. The van der Waals surface area contributed by atoms with Gasteiger partial charge in [0.15, 0.2) is 5.16 Å². The summed E-state index contributed by atoms with van der Waals surface area (Å²) >= 11 is 1.69. The molecule has 0 atom stereocenters. The minimum absolute atomic E-state index is 0.0163. The maximum atomic E-state index is 12.4. The van der Waals surface area contributed by atoms with Gasteiger partial charge in [-0.05, 0) is 24.1 Å². The molecular weight excluding hydrogens is 454 g/mol.